The maximum Gasteiger partial charge on any atom is 0.508 e. The molecule has 0 amide bonds. The second-order valence-corrected chi connectivity index (χ2v) is 14.5. The molecule has 2 aromatic carbocycles. The predicted octanol–water partition coefficient (Wildman–Crippen LogP) is 5.06. The number of nitrogens with zero attached hydrogens (tertiary/aromatic N) is 5. The Bertz CT molecular complexity index is 2040. The molecule has 4 rings (SSSR count). The van der Waals surface area contributed by atoms with Gasteiger partial charge in [-0.2, -0.15) is 4.98 Å². The molecule has 0 saturated carbocycles. The van der Waals surface area contributed by atoms with Gasteiger partial charge >= 0.3 is 12.3 Å². The fourth-order valence-corrected chi connectivity index (χ4v) is 5.84. The Kier molecular flexibility index (Phi) is 17.8. The zero-order chi connectivity index (χ0) is 42.7. The molecular weight excluding hydrogens is 801 g/mol. The van der Waals surface area contributed by atoms with Gasteiger partial charge in [0, 0.05) is 24.4 Å². The first-order valence-electron chi connectivity index (χ1n) is 18.1. The number of unbranched alkanes of at least 4 members (excludes halogenated alkanes) is 2. The number of nitrogens with one attached hydrogen (secondary N) is 1. The fraction of sp³-hybridized carbons (Fsp3) is 0.405. The first kappa shape index (κ1) is 45.8. The number of hydrogen-bond acceptors (Lipinski definition) is 20. The van der Waals surface area contributed by atoms with Crippen LogP contribution in [0.4, 0.5) is 15.4 Å². The topological polar surface area (TPSA) is 270 Å². The minimum absolute atomic E-state index is 0.0132. The minimum Gasteiger partial charge on any atom is -0.493 e. The van der Waals surface area contributed by atoms with Crippen molar-refractivity contribution in [1.29, 1.82) is 0 Å². The number of anilines is 1. The molecule has 0 unspecified atom stereocenters. The van der Waals surface area contributed by atoms with Crippen LogP contribution in [0.3, 0.4) is 0 Å². The van der Waals surface area contributed by atoms with Crippen LogP contribution >= 0.6 is 0 Å². The molecule has 0 fully saturated rings. The predicted molar refractivity (Wildman–Crippen MR) is 203 cm³/mol. The molecule has 2 heterocycles. The number of hydrogen-bond donors (Lipinski definition) is 4. The van der Waals surface area contributed by atoms with Crippen molar-refractivity contribution in [2.24, 2.45) is 0 Å². The maximum atomic E-state index is 14.0. The smallest absolute Gasteiger partial charge is 0.493 e. The van der Waals surface area contributed by atoms with E-state index in [1.807, 2.05) is 13.8 Å². The van der Waals surface area contributed by atoms with Crippen molar-refractivity contribution < 1.29 is 71.5 Å². The summed E-state index contributed by atoms with van der Waals surface area (Å²) in [6.45, 7) is 2.94. The van der Waals surface area contributed by atoms with Gasteiger partial charge in [-0.05, 0) is 61.6 Å². The number of benzene rings is 2. The summed E-state index contributed by atoms with van der Waals surface area (Å²) in [6.07, 6.45) is 2.68. The van der Waals surface area contributed by atoms with E-state index in [4.69, 9.17) is 48.7 Å². The van der Waals surface area contributed by atoms with Crippen molar-refractivity contribution in [3.63, 3.8) is 0 Å². The highest BCUT2D eigenvalue weighted by Gasteiger charge is 2.28. The van der Waals surface area contributed by atoms with E-state index in [9.17, 15) is 18.0 Å². The van der Waals surface area contributed by atoms with E-state index in [2.05, 4.69) is 29.5 Å². The summed E-state index contributed by atoms with van der Waals surface area (Å²) in [5, 5.41) is 25.6. The van der Waals surface area contributed by atoms with Crippen molar-refractivity contribution in [1.82, 2.24) is 25.3 Å². The fourth-order valence-electron chi connectivity index (χ4n) is 4.83. The lowest BCUT2D eigenvalue weighted by molar-refractivity contribution is -0.492. The lowest BCUT2D eigenvalue weighted by atomic mass is 9.86. The summed E-state index contributed by atoms with van der Waals surface area (Å²) < 4.78 is 68.3. The quantitative estimate of drug-likeness (QED) is 0.0407. The normalized spacial score (nSPS) is 11.4. The molecule has 0 atom stereocenters. The molecule has 0 bridgehead atoms. The average Bonchev–Trinajstić information content (AvgIpc) is 3.22. The molecular formula is C37H46N6O15S. The summed E-state index contributed by atoms with van der Waals surface area (Å²) in [4.78, 5) is 45.7. The van der Waals surface area contributed by atoms with Gasteiger partial charge in [0.15, 0.2) is 23.1 Å². The van der Waals surface area contributed by atoms with Crippen LogP contribution in [0.25, 0.3) is 11.6 Å². The Hall–Kier alpha value is -5.91. The van der Waals surface area contributed by atoms with Gasteiger partial charge in [-0.3, -0.25) is 20.0 Å². The third-order valence-corrected chi connectivity index (χ3v) is 9.24. The SMILES string of the molecule is COc1ccccc1Oc1c(NS(=O)(=O)c2ccc(C(C)(C)COC(=O)OCCCCO)cc2)nc(-c2ncccn2)nc1OCCOC(=O)OCCCCON(O)O. The lowest BCUT2D eigenvalue weighted by Crippen LogP contribution is -2.27. The second-order valence-electron chi connectivity index (χ2n) is 12.8. The number of aliphatic hydroxyl groups excluding tert-OH is 1. The Morgan fingerprint density at radius 2 is 1.39 bits per heavy atom. The lowest BCUT2D eigenvalue weighted by Gasteiger charge is -2.25. The van der Waals surface area contributed by atoms with Gasteiger partial charge in [0.1, 0.15) is 19.8 Å². The molecule has 0 aliphatic heterocycles. The van der Waals surface area contributed by atoms with Crippen LogP contribution in [0.2, 0.25) is 0 Å². The second kappa shape index (κ2) is 22.9. The first-order valence-corrected chi connectivity index (χ1v) is 19.6. The monoisotopic (exact) mass is 846 g/mol. The molecule has 320 valence electrons. The Labute approximate surface area is 339 Å². The molecule has 0 spiro atoms. The van der Waals surface area contributed by atoms with Crippen molar-refractivity contribution in [3.05, 3.63) is 72.6 Å². The van der Waals surface area contributed by atoms with Crippen LogP contribution in [0.5, 0.6) is 23.1 Å². The molecule has 0 aliphatic rings. The van der Waals surface area contributed by atoms with Gasteiger partial charge in [-0.1, -0.05) is 38.1 Å². The van der Waals surface area contributed by atoms with E-state index < -0.39 is 33.1 Å². The Morgan fingerprint density at radius 1 is 0.763 bits per heavy atom. The van der Waals surface area contributed by atoms with Crippen molar-refractivity contribution in [2.45, 2.75) is 49.8 Å². The molecule has 22 heteroatoms. The third kappa shape index (κ3) is 14.8. The van der Waals surface area contributed by atoms with Crippen LogP contribution in [-0.4, -0.2) is 115 Å². The van der Waals surface area contributed by atoms with E-state index in [1.165, 1.54) is 31.6 Å². The Morgan fingerprint density at radius 3 is 2.05 bits per heavy atom. The van der Waals surface area contributed by atoms with Gasteiger partial charge < -0.3 is 38.3 Å². The first-order chi connectivity index (χ1) is 28.3. The molecule has 21 nitrogen and oxygen atoms in total. The van der Waals surface area contributed by atoms with E-state index in [-0.39, 0.29) is 91.7 Å². The molecule has 0 aliphatic carbocycles. The molecule has 59 heavy (non-hydrogen) atoms. The highest BCUT2D eigenvalue weighted by atomic mass is 32.2. The van der Waals surface area contributed by atoms with Crippen molar-refractivity contribution >= 4 is 28.2 Å². The standard InChI is InChI=1S/C37H46N6O15S/c1-37(2,25-56-36(46)54-20-7-6-19-44)26-13-15-27(16-14-26)59(49,50)42-31-30(58-29-12-5-4-11-28(29)51-3)34(41-33(40-31)32-38-17-10-18-39-32)52-23-24-55-35(45)53-21-8-9-22-57-43(47)48/h4-5,10-18,44,47-48H,6-9,19-25H2,1-3H3,(H,40,41,42). The van der Waals surface area contributed by atoms with Gasteiger partial charge in [-0.25, -0.2) is 33.0 Å². The number of aliphatic hydroxyl groups is 1. The van der Waals surface area contributed by atoms with Crippen LogP contribution in [0, 0.1) is 0 Å². The van der Waals surface area contributed by atoms with Crippen molar-refractivity contribution in [2.75, 3.05) is 58.1 Å². The maximum absolute atomic E-state index is 14.0. The van der Waals surface area contributed by atoms with Crippen molar-refractivity contribution in [3.8, 4) is 34.8 Å². The molecule has 2 aromatic heterocycles. The van der Waals surface area contributed by atoms with Gasteiger partial charge in [0.2, 0.25) is 11.6 Å². The highest BCUT2D eigenvalue weighted by molar-refractivity contribution is 7.92. The minimum atomic E-state index is -4.41. The van der Waals surface area contributed by atoms with E-state index in [0.29, 0.717) is 31.2 Å². The zero-order valence-corrected chi connectivity index (χ0v) is 33.3. The number of carbonyl (C=O) groups is 2. The van der Waals surface area contributed by atoms with E-state index in [0.717, 1.165) is 0 Å². The summed E-state index contributed by atoms with van der Waals surface area (Å²) in [5.41, 5.74) is -0.0803. The average molecular weight is 847 g/mol. The Balaban J connectivity index is 1.58. The summed E-state index contributed by atoms with van der Waals surface area (Å²) in [7, 11) is -2.99. The number of methoxy groups -OCH3 is 1. The van der Waals surface area contributed by atoms with E-state index >= 15 is 0 Å². The third-order valence-electron chi connectivity index (χ3n) is 7.89. The number of rotatable bonds is 24. The van der Waals surface area contributed by atoms with Gasteiger partial charge in [0.05, 0.1) is 37.2 Å². The van der Waals surface area contributed by atoms with Gasteiger partial charge in [0.25, 0.3) is 15.9 Å². The summed E-state index contributed by atoms with van der Waals surface area (Å²) >= 11 is 0. The molecule has 4 N–H and O–H groups in total. The van der Waals surface area contributed by atoms with Crippen LogP contribution in [0.15, 0.2) is 71.9 Å². The molecule has 4 aromatic rings. The van der Waals surface area contributed by atoms with Crippen LogP contribution < -0.4 is 18.9 Å². The number of sulfonamides is 1. The number of ether oxygens (including phenoxy) is 7. The summed E-state index contributed by atoms with van der Waals surface area (Å²) in [5.74, 6) is -0.647. The van der Waals surface area contributed by atoms with Gasteiger partial charge in [-0.15, -0.1) is 0 Å². The molecule has 0 radical (unpaired) electrons. The van der Waals surface area contributed by atoms with Crippen LogP contribution in [0.1, 0.15) is 45.1 Å². The number of aromatic nitrogens is 4. The molecule has 0 saturated heterocycles. The zero-order valence-electron chi connectivity index (χ0n) is 32.5. The highest BCUT2D eigenvalue weighted by Crippen LogP contribution is 2.41. The number of carbonyl (C=O) groups excluding carboxylic acids is 2. The number of para-hydroxylation sites is 2. The van der Waals surface area contributed by atoms with E-state index in [1.54, 1.807) is 42.5 Å². The summed E-state index contributed by atoms with van der Waals surface area (Å²) in [6, 6.07) is 14.0. The largest absolute Gasteiger partial charge is 0.508 e. The van der Waals surface area contributed by atoms with Crippen LogP contribution in [-0.2, 0) is 39.2 Å².